The quantitative estimate of drug-likeness (QED) is 0.748. The van der Waals surface area contributed by atoms with Crippen molar-refractivity contribution in [2.24, 2.45) is 0 Å². The predicted molar refractivity (Wildman–Crippen MR) is 101 cm³/mol. The number of carbonyl (C=O) groups is 1. The largest absolute Gasteiger partial charge is 0.379 e. The first-order valence-corrected chi connectivity index (χ1v) is 11.3. The van der Waals surface area contributed by atoms with Gasteiger partial charge in [0, 0.05) is 24.0 Å². The normalized spacial score (nSPS) is 22.1. The van der Waals surface area contributed by atoms with Crippen molar-refractivity contribution in [2.45, 2.75) is 10.7 Å². The summed E-state index contributed by atoms with van der Waals surface area (Å²) in [5.74, 6) is -1.95. The lowest BCUT2D eigenvalue weighted by atomic mass is 10.1. The zero-order chi connectivity index (χ0) is 19.4. The summed E-state index contributed by atoms with van der Waals surface area (Å²) in [6, 6.07) is 6.52. The molecular formula is C18H18N2O6S2. The Bertz CT molecular complexity index is 1010. The molecule has 0 bridgehead atoms. The van der Waals surface area contributed by atoms with Gasteiger partial charge in [0.2, 0.25) is 10.0 Å². The summed E-state index contributed by atoms with van der Waals surface area (Å²) >= 11 is 1.47. The minimum absolute atomic E-state index is 0.117. The van der Waals surface area contributed by atoms with Gasteiger partial charge >= 0.3 is 0 Å². The van der Waals surface area contributed by atoms with Crippen LogP contribution in [0.25, 0.3) is 0 Å². The van der Waals surface area contributed by atoms with E-state index in [1.807, 2.05) is 16.8 Å². The van der Waals surface area contributed by atoms with Crippen LogP contribution in [0.5, 0.6) is 0 Å². The molecule has 5 rings (SSSR count). The summed E-state index contributed by atoms with van der Waals surface area (Å²) in [7, 11) is -3.70. The smallest absolute Gasteiger partial charge is 0.297 e. The highest BCUT2D eigenvalue weighted by atomic mass is 32.2. The molecule has 1 amide bonds. The summed E-state index contributed by atoms with van der Waals surface area (Å²) in [5.41, 5.74) is 1.71. The fourth-order valence-corrected chi connectivity index (χ4v) is 5.83. The second-order valence-electron chi connectivity index (χ2n) is 6.63. The SMILES string of the molecule is O=C1N(c2ccsc2)c2ccc(S(=O)(=O)N3CCOCC3)cc2C12OCCO2. The number of hydrogen-bond acceptors (Lipinski definition) is 7. The molecule has 28 heavy (non-hydrogen) atoms. The molecule has 3 aliphatic heterocycles. The second-order valence-corrected chi connectivity index (χ2v) is 9.35. The number of ether oxygens (including phenoxy) is 3. The van der Waals surface area contributed by atoms with Crippen LogP contribution in [0.2, 0.25) is 0 Å². The summed E-state index contributed by atoms with van der Waals surface area (Å²) < 4.78 is 44.3. The fourth-order valence-electron chi connectivity index (χ4n) is 3.77. The molecule has 8 nitrogen and oxygen atoms in total. The van der Waals surface area contributed by atoms with Crippen LogP contribution in [0.3, 0.4) is 0 Å². The van der Waals surface area contributed by atoms with E-state index in [0.29, 0.717) is 43.2 Å². The Kier molecular flexibility index (Phi) is 4.30. The van der Waals surface area contributed by atoms with E-state index in [1.165, 1.54) is 32.7 Å². The van der Waals surface area contributed by atoms with Crippen molar-refractivity contribution in [1.29, 1.82) is 0 Å². The first-order valence-electron chi connectivity index (χ1n) is 8.91. The molecule has 3 aliphatic rings. The van der Waals surface area contributed by atoms with E-state index in [9.17, 15) is 13.2 Å². The van der Waals surface area contributed by atoms with Gasteiger partial charge in [-0.1, -0.05) is 0 Å². The average Bonchev–Trinajstić information content (AvgIpc) is 3.45. The number of sulfonamides is 1. The number of nitrogens with zero attached hydrogens (tertiary/aromatic N) is 2. The highest BCUT2D eigenvalue weighted by molar-refractivity contribution is 7.89. The monoisotopic (exact) mass is 422 g/mol. The number of rotatable bonds is 3. The molecule has 148 valence electrons. The van der Waals surface area contributed by atoms with E-state index in [-0.39, 0.29) is 24.0 Å². The number of thiophene rings is 1. The van der Waals surface area contributed by atoms with Crippen LogP contribution in [-0.4, -0.2) is 58.1 Å². The summed E-state index contributed by atoms with van der Waals surface area (Å²) in [4.78, 5) is 14.9. The van der Waals surface area contributed by atoms with Gasteiger partial charge in [-0.3, -0.25) is 9.69 Å². The van der Waals surface area contributed by atoms with Crippen molar-refractivity contribution in [3.8, 4) is 0 Å². The van der Waals surface area contributed by atoms with E-state index in [1.54, 1.807) is 6.07 Å². The number of benzene rings is 1. The molecule has 2 aromatic rings. The van der Waals surface area contributed by atoms with Crippen molar-refractivity contribution in [2.75, 3.05) is 44.4 Å². The van der Waals surface area contributed by atoms with Gasteiger partial charge in [0.25, 0.3) is 11.7 Å². The van der Waals surface area contributed by atoms with Crippen LogP contribution in [0.4, 0.5) is 11.4 Å². The van der Waals surface area contributed by atoms with E-state index >= 15 is 0 Å². The lowest BCUT2D eigenvalue weighted by Gasteiger charge is -2.26. The summed E-state index contributed by atoms with van der Waals surface area (Å²) in [6.07, 6.45) is 0. The Morgan fingerprint density at radius 2 is 1.79 bits per heavy atom. The molecule has 0 saturated carbocycles. The molecular weight excluding hydrogens is 404 g/mol. The van der Waals surface area contributed by atoms with Crippen molar-refractivity contribution >= 4 is 38.6 Å². The van der Waals surface area contributed by atoms with Gasteiger partial charge in [0.15, 0.2) is 0 Å². The standard InChI is InChI=1S/C18H18N2O6S2/c21-17-18(25-8-9-26-18)15-11-14(28(22,23)19-4-6-24-7-5-19)1-2-16(15)20(17)13-3-10-27-12-13/h1-3,10-12H,4-9H2. The Labute approximate surface area is 166 Å². The first kappa shape index (κ1) is 18.2. The van der Waals surface area contributed by atoms with Crippen LogP contribution < -0.4 is 4.90 Å². The van der Waals surface area contributed by atoms with Gasteiger partial charge in [-0.15, -0.1) is 0 Å². The highest BCUT2D eigenvalue weighted by Gasteiger charge is 2.57. The van der Waals surface area contributed by atoms with Gasteiger partial charge in [0.1, 0.15) is 0 Å². The molecule has 1 aromatic heterocycles. The number of amides is 1. The Hall–Kier alpha value is -1.82. The van der Waals surface area contributed by atoms with Crippen molar-refractivity contribution in [1.82, 2.24) is 4.31 Å². The Balaban J connectivity index is 1.63. The molecule has 0 radical (unpaired) electrons. The van der Waals surface area contributed by atoms with Crippen molar-refractivity contribution in [3.05, 3.63) is 40.6 Å². The molecule has 10 heteroatoms. The molecule has 1 spiro atoms. The number of hydrogen-bond donors (Lipinski definition) is 0. The first-order chi connectivity index (χ1) is 13.5. The third kappa shape index (κ3) is 2.56. The topological polar surface area (TPSA) is 85.4 Å². The van der Waals surface area contributed by atoms with Crippen LogP contribution in [-0.2, 0) is 34.8 Å². The van der Waals surface area contributed by atoms with Gasteiger partial charge in [-0.2, -0.15) is 15.6 Å². The molecule has 2 saturated heterocycles. The van der Waals surface area contributed by atoms with Crippen LogP contribution in [0.15, 0.2) is 39.9 Å². The van der Waals surface area contributed by atoms with Crippen molar-refractivity contribution < 1.29 is 27.4 Å². The van der Waals surface area contributed by atoms with Gasteiger partial charge in [-0.05, 0) is 29.6 Å². The second kappa shape index (κ2) is 6.61. The fraction of sp³-hybridized carbons (Fsp3) is 0.389. The minimum Gasteiger partial charge on any atom is -0.379 e. The molecule has 0 aliphatic carbocycles. The maximum Gasteiger partial charge on any atom is 0.297 e. The molecule has 4 heterocycles. The van der Waals surface area contributed by atoms with E-state index in [2.05, 4.69) is 0 Å². The molecule has 0 N–H and O–H groups in total. The van der Waals surface area contributed by atoms with Crippen LogP contribution in [0.1, 0.15) is 5.56 Å². The number of anilines is 2. The lowest BCUT2D eigenvalue weighted by Crippen LogP contribution is -2.41. The molecule has 0 atom stereocenters. The maximum atomic E-state index is 13.3. The minimum atomic E-state index is -3.70. The molecule has 2 fully saturated rings. The summed E-state index contributed by atoms with van der Waals surface area (Å²) in [5, 5.41) is 3.73. The number of carbonyl (C=O) groups excluding carboxylic acids is 1. The Morgan fingerprint density at radius 1 is 1.04 bits per heavy atom. The van der Waals surface area contributed by atoms with Gasteiger partial charge in [0.05, 0.1) is 42.7 Å². The zero-order valence-corrected chi connectivity index (χ0v) is 16.5. The molecule has 0 unspecified atom stereocenters. The lowest BCUT2D eigenvalue weighted by molar-refractivity contribution is -0.180. The molecule has 1 aromatic carbocycles. The van der Waals surface area contributed by atoms with E-state index < -0.39 is 15.8 Å². The van der Waals surface area contributed by atoms with E-state index in [4.69, 9.17) is 14.2 Å². The van der Waals surface area contributed by atoms with Gasteiger partial charge in [-0.25, -0.2) is 8.42 Å². The predicted octanol–water partition coefficient (Wildman–Crippen LogP) is 1.65. The van der Waals surface area contributed by atoms with Crippen LogP contribution >= 0.6 is 11.3 Å². The van der Waals surface area contributed by atoms with Gasteiger partial charge < -0.3 is 14.2 Å². The van der Waals surface area contributed by atoms with E-state index in [0.717, 1.165) is 0 Å². The van der Waals surface area contributed by atoms with Crippen LogP contribution in [0, 0.1) is 0 Å². The maximum absolute atomic E-state index is 13.3. The third-order valence-corrected chi connectivity index (χ3v) is 7.68. The number of morpholine rings is 1. The number of fused-ring (bicyclic) bond motifs is 2. The zero-order valence-electron chi connectivity index (χ0n) is 14.9. The van der Waals surface area contributed by atoms with Crippen molar-refractivity contribution in [3.63, 3.8) is 0 Å². The summed E-state index contributed by atoms with van der Waals surface area (Å²) in [6.45, 7) is 1.87. The average molecular weight is 422 g/mol. The Morgan fingerprint density at radius 3 is 2.46 bits per heavy atom. The third-order valence-electron chi connectivity index (χ3n) is 5.11. The highest BCUT2D eigenvalue weighted by Crippen LogP contribution is 2.49.